The maximum absolute atomic E-state index is 12.4. The van der Waals surface area contributed by atoms with Crippen molar-refractivity contribution in [3.8, 4) is 0 Å². The van der Waals surface area contributed by atoms with Crippen LogP contribution in [0.4, 0.5) is 11.6 Å². The number of carbonyl (C=O) groups excluding carboxylic acids is 1. The number of amides is 1. The van der Waals surface area contributed by atoms with E-state index >= 15 is 0 Å². The molecule has 8 heteroatoms. The number of anilines is 2. The van der Waals surface area contributed by atoms with Crippen LogP contribution in [0.1, 0.15) is 31.1 Å². The van der Waals surface area contributed by atoms with E-state index in [4.69, 9.17) is 0 Å². The van der Waals surface area contributed by atoms with Crippen molar-refractivity contribution in [1.29, 1.82) is 0 Å². The summed E-state index contributed by atoms with van der Waals surface area (Å²) in [6, 6.07) is 1.83. The molecule has 3 heterocycles. The van der Waals surface area contributed by atoms with Gasteiger partial charge in [-0.05, 0) is 20.8 Å². The summed E-state index contributed by atoms with van der Waals surface area (Å²) in [6.45, 7) is 5.79. The second-order valence-electron chi connectivity index (χ2n) is 6.36. The molecule has 0 aromatic carbocycles. The predicted molar refractivity (Wildman–Crippen MR) is 87.6 cm³/mol. The quantitative estimate of drug-likeness (QED) is 0.686. The molecule has 0 atom stereocenters. The SMILES string of the molecule is Cn1ccc(Nc2cnc3[nH]cc(C(=O)NC(C)(C)C)c3n2)n1. The summed E-state index contributed by atoms with van der Waals surface area (Å²) in [5.41, 5.74) is 1.23. The molecule has 0 spiro atoms. The first kappa shape index (κ1) is 15.0. The highest BCUT2D eigenvalue weighted by Gasteiger charge is 2.19. The van der Waals surface area contributed by atoms with Crippen LogP contribution in [0.5, 0.6) is 0 Å². The van der Waals surface area contributed by atoms with Crippen LogP contribution in [0.2, 0.25) is 0 Å². The number of hydrogen-bond acceptors (Lipinski definition) is 5. The Balaban J connectivity index is 1.92. The third-order valence-corrected chi connectivity index (χ3v) is 3.08. The molecule has 0 aliphatic carbocycles. The van der Waals surface area contributed by atoms with E-state index in [9.17, 15) is 4.79 Å². The molecule has 23 heavy (non-hydrogen) atoms. The number of nitrogens with one attached hydrogen (secondary N) is 3. The minimum Gasteiger partial charge on any atom is -0.347 e. The molecular weight excluding hydrogens is 294 g/mol. The van der Waals surface area contributed by atoms with Crippen molar-refractivity contribution in [2.45, 2.75) is 26.3 Å². The normalized spacial score (nSPS) is 11.7. The first-order valence-electron chi connectivity index (χ1n) is 7.25. The zero-order valence-corrected chi connectivity index (χ0v) is 13.5. The average Bonchev–Trinajstić information content (AvgIpc) is 3.03. The van der Waals surface area contributed by atoms with Crippen LogP contribution in [0, 0.1) is 0 Å². The summed E-state index contributed by atoms with van der Waals surface area (Å²) >= 11 is 0. The summed E-state index contributed by atoms with van der Waals surface area (Å²) < 4.78 is 1.69. The van der Waals surface area contributed by atoms with E-state index in [1.165, 1.54) is 0 Å². The molecule has 0 fully saturated rings. The Hall–Kier alpha value is -2.90. The number of nitrogens with zero attached hydrogens (tertiary/aromatic N) is 4. The van der Waals surface area contributed by atoms with Crippen molar-refractivity contribution in [1.82, 2.24) is 30.0 Å². The highest BCUT2D eigenvalue weighted by atomic mass is 16.1. The predicted octanol–water partition coefficient (Wildman–Crippen LogP) is 1.96. The summed E-state index contributed by atoms with van der Waals surface area (Å²) in [5.74, 6) is 1.01. The Kier molecular flexibility index (Phi) is 3.51. The van der Waals surface area contributed by atoms with Gasteiger partial charge in [-0.1, -0.05) is 0 Å². The second kappa shape index (κ2) is 5.38. The van der Waals surface area contributed by atoms with Crippen LogP contribution < -0.4 is 10.6 Å². The van der Waals surface area contributed by atoms with Crippen molar-refractivity contribution in [3.05, 3.63) is 30.2 Å². The lowest BCUT2D eigenvalue weighted by Crippen LogP contribution is -2.40. The molecule has 0 saturated carbocycles. The molecule has 0 bridgehead atoms. The van der Waals surface area contributed by atoms with Gasteiger partial charge in [0.1, 0.15) is 5.52 Å². The van der Waals surface area contributed by atoms with E-state index in [2.05, 4.69) is 30.7 Å². The molecule has 0 unspecified atom stereocenters. The highest BCUT2D eigenvalue weighted by molar-refractivity contribution is 6.04. The van der Waals surface area contributed by atoms with E-state index < -0.39 is 0 Å². The molecule has 0 radical (unpaired) electrons. The largest absolute Gasteiger partial charge is 0.347 e. The van der Waals surface area contributed by atoms with Crippen molar-refractivity contribution in [3.63, 3.8) is 0 Å². The minimum absolute atomic E-state index is 0.187. The number of carbonyl (C=O) groups is 1. The first-order valence-corrected chi connectivity index (χ1v) is 7.25. The maximum atomic E-state index is 12.4. The summed E-state index contributed by atoms with van der Waals surface area (Å²) in [4.78, 5) is 24.1. The van der Waals surface area contributed by atoms with Crippen LogP contribution in [-0.2, 0) is 7.05 Å². The molecule has 1 amide bonds. The molecule has 3 aromatic heterocycles. The van der Waals surface area contributed by atoms with Gasteiger partial charge < -0.3 is 15.6 Å². The third-order valence-electron chi connectivity index (χ3n) is 3.08. The fourth-order valence-electron chi connectivity index (χ4n) is 2.15. The van der Waals surface area contributed by atoms with Gasteiger partial charge in [-0.25, -0.2) is 9.97 Å². The number of hydrogen-bond donors (Lipinski definition) is 3. The highest BCUT2D eigenvalue weighted by Crippen LogP contribution is 2.19. The summed E-state index contributed by atoms with van der Waals surface area (Å²) in [5, 5.41) is 10.2. The van der Waals surface area contributed by atoms with E-state index in [1.807, 2.05) is 40.1 Å². The van der Waals surface area contributed by atoms with Crippen molar-refractivity contribution in [2.24, 2.45) is 7.05 Å². The van der Waals surface area contributed by atoms with Gasteiger partial charge in [-0.2, -0.15) is 5.10 Å². The van der Waals surface area contributed by atoms with E-state index in [0.717, 1.165) is 0 Å². The fourth-order valence-corrected chi connectivity index (χ4v) is 2.15. The molecule has 3 aromatic rings. The summed E-state index contributed by atoms with van der Waals surface area (Å²) in [6.07, 6.45) is 5.04. The molecule has 3 N–H and O–H groups in total. The number of H-pyrrole nitrogens is 1. The minimum atomic E-state index is -0.322. The number of aryl methyl sites for hydroxylation is 1. The molecule has 0 saturated heterocycles. The lowest BCUT2D eigenvalue weighted by atomic mass is 10.1. The van der Waals surface area contributed by atoms with Crippen molar-refractivity contribution < 1.29 is 4.79 Å². The molecule has 0 aliphatic rings. The first-order chi connectivity index (χ1) is 10.8. The van der Waals surface area contributed by atoms with E-state index in [-0.39, 0.29) is 11.4 Å². The second-order valence-corrected chi connectivity index (χ2v) is 6.36. The van der Waals surface area contributed by atoms with Crippen LogP contribution in [0.3, 0.4) is 0 Å². The molecule has 120 valence electrons. The number of rotatable bonds is 3. The number of fused-ring (bicyclic) bond motifs is 1. The van der Waals surface area contributed by atoms with Gasteiger partial charge in [0.15, 0.2) is 17.3 Å². The fraction of sp³-hybridized carbons (Fsp3) is 0.333. The number of aromatic amines is 1. The molecular formula is C15H19N7O. The third kappa shape index (κ3) is 3.31. The van der Waals surface area contributed by atoms with Crippen LogP contribution in [0.15, 0.2) is 24.7 Å². The van der Waals surface area contributed by atoms with Gasteiger partial charge in [-0.3, -0.25) is 9.48 Å². The van der Waals surface area contributed by atoms with Gasteiger partial charge in [-0.15, -0.1) is 0 Å². The molecule has 0 aliphatic heterocycles. The smallest absolute Gasteiger partial charge is 0.255 e. The lowest BCUT2D eigenvalue weighted by molar-refractivity contribution is 0.0921. The van der Waals surface area contributed by atoms with Crippen LogP contribution in [0.25, 0.3) is 11.2 Å². The van der Waals surface area contributed by atoms with Crippen molar-refractivity contribution >= 4 is 28.7 Å². The topological polar surface area (TPSA) is 101 Å². The van der Waals surface area contributed by atoms with Crippen LogP contribution in [-0.4, -0.2) is 36.2 Å². The van der Waals surface area contributed by atoms with Gasteiger partial charge >= 0.3 is 0 Å². The van der Waals surface area contributed by atoms with Gasteiger partial charge in [0.2, 0.25) is 0 Å². The zero-order chi connectivity index (χ0) is 16.6. The van der Waals surface area contributed by atoms with Gasteiger partial charge in [0, 0.05) is 31.0 Å². The Labute approximate surface area is 133 Å². The number of aromatic nitrogens is 5. The van der Waals surface area contributed by atoms with E-state index in [0.29, 0.717) is 28.4 Å². The summed E-state index contributed by atoms with van der Waals surface area (Å²) in [7, 11) is 1.83. The Morgan fingerprint density at radius 1 is 1.30 bits per heavy atom. The van der Waals surface area contributed by atoms with Gasteiger partial charge in [0.05, 0.1) is 11.8 Å². The zero-order valence-electron chi connectivity index (χ0n) is 13.5. The van der Waals surface area contributed by atoms with Crippen molar-refractivity contribution in [2.75, 3.05) is 5.32 Å². The average molecular weight is 313 g/mol. The monoisotopic (exact) mass is 313 g/mol. The standard InChI is InChI=1S/C15H19N7O/c1-15(2,3)20-14(23)9-7-16-13-12(9)19-11(8-17-13)18-10-5-6-22(4)21-10/h5-8H,1-4H3,(H,16,17)(H,20,23)(H,18,19,21). The molecule has 8 nitrogen and oxygen atoms in total. The van der Waals surface area contributed by atoms with Crippen LogP contribution >= 0.6 is 0 Å². The van der Waals surface area contributed by atoms with E-state index in [1.54, 1.807) is 17.1 Å². The Morgan fingerprint density at radius 3 is 2.74 bits per heavy atom. The molecule has 3 rings (SSSR count). The lowest BCUT2D eigenvalue weighted by Gasteiger charge is -2.19. The Bertz CT molecular complexity index is 856. The van der Waals surface area contributed by atoms with Gasteiger partial charge in [0.25, 0.3) is 5.91 Å². The maximum Gasteiger partial charge on any atom is 0.255 e. The Morgan fingerprint density at radius 2 is 2.09 bits per heavy atom.